The summed E-state index contributed by atoms with van der Waals surface area (Å²) in [7, 11) is 3.08. The van der Waals surface area contributed by atoms with Crippen LogP contribution < -0.4 is 5.40 Å². The van der Waals surface area contributed by atoms with Crippen molar-refractivity contribution in [2.45, 2.75) is 18.5 Å². The molecule has 2 N–H and O–H groups in total. The van der Waals surface area contributed by atoms with E-state index in [0.29, 0.717) is 9.68 Å². The fraction of sp³-hybridized carbons (Fsp3) is 1.00. The summed E-state index contributed by atoms with van der Waals surface area (Å²) in [6, 6.07) is 1.87. The van der Waals surface area contributed by atoms with Crippen molar-refractivity contribution in [3.63, 3.8) is 0 Å². The van der Waals surface area contributed by atoms with Crippen LogP contribution in [0.4, 0.5) is 0 Å². The number of hydrogen-bond donors (Lipinski definition) is 1. The number of nitrogens with two attached hydrogens (primary N) is 1. The zero-order valence-corrected chi connectivity index (χ0v) is 9.92. The van der Waals surface area contributed by atoms with E-state index in [4.69, 9.17) is 18.7 Å². The fourth-order valence-corrected chi connectivity index (χ4v) is 3.42. The summed E-state index contributed by atoms with van der Waals surface area (Å²) < 4.78 is 15.7. The van der Waals surface area contributed by atoms with Gasteiger partial charge >= 0.3 is 8.80 Å². The first kappa shape index (κ1) is 12.3. The van der Waals surface area contributed by atoms with Gasteiger partial charge in [0.1, 0.15) is 9.68 Å². The molecule has 0 atom stereocenters. The minimum Gasteiger partial charge on any atom is -0.377 e. The lowest BCUT2D eigenvalue weighted by atomic mass is 10.6. The molecule has 0 saturated heterocycles. The average Bonchev–Trinajstić information content (AvgIpc) is 2.14. The summed E-state index contributed by atoms with van der Waals surface area (Å²) in [5.74, 6) is 0. The Bertz CT molecular complexity index is 103. The standard InChI is InChI=1S/C6H17NO3Si2/c1-8-12(9-2,10-3)6-4-5-11-7/h4-7H2,1-3H3. The van der Waals surface area contributed by atoms with Crippen molar-refractivity contribution < 1.29 is 13.3 Å². The molecular weight excluding hydrogens is 190 g/mol. The molecule has 0 bridgehead atoms. The van der Waals surface area contributed by atoms with Crippen molar-refractivity contribution in [1.82, 2.24) is 0 Å². The number of rotatable bonds is 7. The van der Waals surface area contributed by atoms with E-state index in [0.717, 1.165) is 18.5 Å². The topological polar surface area (TPSA) is 53.7 Å². The molecule has 0 heterocycles. The molecule has 0 aliphatic rings. The quantitative estimate of drug-likeness (QED) is 0.480. The van der Waals surface area contributed by atoms with Crippen molar-refractivity contribution in [3.05, 3.63) is 0 Å². The molecule has 0 aromatic rings. The summed E-state index contributed by atoms with van der Waals surface area (Å²) in [6.45, 7) is 0. The summed E-state index contributed by atoms with van der Waals surface area (Å²) in [5.41, 5.74) is 0. The Morgan fingerprint density at radius 1 is 1.17 bits per heavy atom. The second-order valence-corrected chi connectivity index (χ2v) is 6.35. The molecule has 0 fully saturated rings. The van der Waals surface area contributed by atoms with Crippen molar-refractivity contribution in [2.24, 2.45) is 5.40 Å². The molecule has 0 amide bonds. The van der Waals surface area contributed by atoms with Gasteiger partial charge in [0.25, 0.3) is 0 Å². The number of hydrogen-bond acceptors (Lipinski definition) is 4. The molecule has 4 nitrogen and oxygen atoms in total. The lowest BCUT2D eigenvalue weighted by Gasteiger charge is -2.23. The third-order valence-corrected chi connectivity index (χ3v) is 5.21. The summed E-state index contributed by atoms with van der Waals surface area (Å²) in [5, 5.41) is 5.40. The largest absolute Gasteiger partial charge is 0.500 e. The molecule has 0 unspecified atom stereocenters. The Labute approximate surface area is 77.6 Å². The Hall–Kier alpha value is 0.274. The van der Waals surface area contributed by atoms with Crippen LogP contribution in [0.2, 0.25) is 12.1 Å². The van der Waals surface area contributed by atoms with Gasteiger partial charge in [-0.15, -0.1) is 0 Å². The van der Waals surface area contributed by atoms with E-state index in [2.05, 4.69) is 0 Å². The molecule has 0 spiro atoms. The van der Waals surface area contributed by atoms with E-state index < -0.39 is 8.80 Å². The highest BCUT2D eigenvalue weighted by molar-refractivity contribution is 6.60. The highest BCUT2D eigenvalue weighted by Crippen LogP contribution is 2.15. The lowest BCUT2D eigenvalue weighted by molar-refractivity contribution is 0.123. The Kier molecular flexibility index (Phi) is 6.91. The minimum atomic E-state index is -2.31. The van der Waals surface area contributed by atoms with Crippen LogP contribution in [-0.2, 0) is 13.3 Å². The fourth-order valence-electron chi connectivity index (χ4n) is 0.963. The molecule has 6 heteroatoms. The maximum Gasteiger partial charge on any atom is 0.500 e. The molecule has 0 aliphatic heterocycles. The van der Waals surface area contributed by atoms with E-state index in [1.807, 2.05) is 0 Å². The second kappa shape index (κ2) is 6.75. The highest BCUT2D eigenvalue weighted by atomic mass is 28.4. The van der Waals surface area contributed by atoms with Crippen LogP contribution in [0.3, 0.4) is 0 Å². The van der Waals surface area contributed by atoms with Crippen LogP contribution in [0, 0.1) is 0 Å². The molecule has 72 valence electrons. The van der Waals surface area contributed by atoms with Crippen LogP contribution in [0.1, 0.15) is 6.42 Å². The van der Waals surface area contributed by atoms with E-state index in [-0.39, 0.29) is 0 Å². The molecule has 2 radical (unpaired) electrons. The Morgan fingerprint density at radius 3 is 2.00 bits per heavy atom. The molecule has 0 aromatic carbocycles. The zero-order chi connectivity index (χ0) is 9.45. The smallest absolute Gasteiger partial charge is 0.377 e. The molecule has 0 aromatic heterocycles. The van der Waals surface area contributed by atoms with Crippen LogP contribution >= 0.6 is 0 Å². The highest BCUT2D eigenvalue weighted by Gasteiger charge is 2.36. The molecular formula is C6H17NO3Si2. The van der Waals surface area contributed by atoms with Crippen LogP contribution in [0.15, 0.2) is 0 Å². The Morgan fingerprint density at radius 2 is 1.67 bits per heavy atom. The van der Waals surface area contributed by atoms with E-state index in [1.165, 1.54) is 0 Å². The monoisotopic (exact) mass is 207 g/mol. The normalized spacial score (nSPS) is 12.0. The third-order valence-electron chi connectivity index (χ3n) is 1.74. The summed E-state index contributed by atoms with van der Waals surface area (Å²) in [6.07, 6.45) is 1.01. The van der Waals surface area contributed by atoms with Gasteiger partial charge in [0.2, 0.25) is 0 Å². The van der Waals surface area contributed by atoms with Crippen LogP contribution in [-0.4, -0.2) is 39.8 Å². The lowest BCUT2D eigenvalue weighted by Crippen LogP contribution is -2.42. The van der Waals surface area contributed by atoms with Gasteiger partial charge in [-0.25, -0.2) is 0 Å². The van der Waals surface area contributed by atoms with Crippen molar-refractivity contribution in [2.75, 3.05) is 21.3 Å². The van der Waals surface area contributed by atoms with Gasteiger partial charge in [-0.05, 0) is 6.04 Å². The van der Waals surface area contributed by atoms with Crippen LogP contribution in [0.5, 0.6) is 0 Å². The van der Waals surface area contributed by atoms with Gasteiger partial charge in [-0.3, -0.25) is 0 Å². The molecule has 0 saturated carbocycles. The van der Waals surface area contributed by atoms with Gasteiger partial charge in [0, 0.05) is 27.4 Å². The average molecular weight is 207 g/mol. The Balaban J connectivity index is 3.76. The molecule has 0 rings (SSSR count). The van der Waals surface area contributed by atoms with E-state index in [9.17, 15) is 0 Å². The first-order valence-corrected chi connectivity index (χ1v) is 7.05. The zero-order valence-electron chi connectivity index (χ0n) is 7.92. The minimum absolute atomic E-state index is 0.503. The SMILES string of the molecule is CO[Si](CCC[Si]N)(OC)OC. The molecule has 12 heavy (non-hydrogen) atoms. The summed E-state index contributed by atoms with van der Waals surface area (Å²) >= 11 is 0. The van der Waals surface area contributed by atoms with Crippen molar-refractivity contribution in [3.8, 4) is 0 Å². The predicted molar refractivity (Wildman–Crippen MR) is 51.0 cm³/mol. The van der Waals surface area contributed by atoms with E-state index in [1.54, 1.807) is 21.3 Å². The summed E-state index contributed by atoms with van der Waals surface area (Å²) in [4.78, 5) is 0. The predicted octanol–water partition coefficient (Wildman–Crippen LogP) is 0.251. The van der Waals surface area contributed by atoms with Gasteiger partial charge in [-0.2, -0.15) is 0 Å². The third kappa shape index (κ3) is 3.79. The van der Waals surface area contributed by atoms with Crippen molar-refractivity contribution >= 4 is 18.5 Å². The van der Waals surface area contributed by atoms with Crippen LogP contribution in [0.25, 0.3) is 0 Å². The second-order valence-electron chi connectivity index (χ2n) is 2.35. The first-order valence-electron chi connectivity index (χ1n) is 3.83. The maximum absolute atomic E-state index is 5.40. The van der Waals surface area contributed by atoms with E-state index >= 15 is 0 Å². The maximum atomic E-state index is 5.40. The first-order chi connectivity index (χ1) is 5.74. The van der Waals surface area contributed by atoms with Crippen molar-refractivity contribution in [1.29, 1.82) is 0 Å². The molecule has 0 aliphatic carbocycles. The van der Waals surface area contributed by atoms with Gasteiger partial charge < -0.3 is 18.7 Å². The van der Waals surface area contributed by atoms with Gasteiger partial charge in [0.15, 0.2) is 0 Å². The van der Waals surface area contributed by atoms with Gasteiger partial charge in [-0.1, -0.05) is 6.42 Å². The van der Waals surface area contributed by atoms with Gasteiger partial charge in [0.05, 0.1) is 0 Å².